The van der Waals surface area contributed by atoms with E-state index < -0.39 is 0 Å². The fourth-order valence-electron chi connectivity index (χ4n) is 2.20. The molecule has 1 aliphatic rings. The molecule has 0 N–H and O–H groups in total. The van der Waals surface area contributed by atoms with Gasteiger partial charge in [-0.15, -0.1) is 0 Å². The van der Waals surface area contributed by atoms with Crippen molar-refractivity contribution < 1.29 is 9.47 Å². The third-order valence-electron chi connectivity index (χ3n) is 3.07. The second-order valence-corrected chi connectivity index (χ2v) is 4.39. The predicted octanol–water partition coefficient (Wildman–Crippen LogP) is 3.70. The molecule has 0 unspecified atom stereocenters. The zero-order chi connectivity index (χ0) is 11.8. The average Bonchev–Trinajstić information content (AvgIpc) is 2.75. The van der Waals surface area contributed by atoms with Gasteiger partial charge < -0.3 is 9.47 Å². The smallest absolute Gasteiger partial charge is 0.231 e. The Morgan fingerprint density at radius 1 is 0.882 bits per heavy atom. The largest absolute Gasteiger partial charge is 0.454 e. The highest BCUT2D eigenvalue weighted by atomic mass is 16.7. The minimum absolute atomic E-state index is 0.325. The van der Waals surface area contributed by atoms with Crippen LogP contribution >= 0.6 is 0 Å². The highest BCUT2D eigenvalue weighted by molar-refractivity contribution is 5.70. The van der Waals surface area contributed by atoms with Crippen molar-refractivity contribution in [3.63, 3.8) is 0 Å². The van der Waals surface area contributed by atoms with Gasteiger partial charge in [-0.25, -0.2) is 0 Å². The fourth-order valence-corrected chi connectivity index (χ4v) is 2.20. The van der Waals surface area contributed by atoms with Crippen LogP contribution in [0.25, 0.3) is 11.1 Å². The van der Waals surface area contributed by atoms with Gasteiger partial charge in [0.05, 0.1) is 0 Å². The third kappa shape index (κ3) is 1.76. The number of fused-ring (bicyclic) bond motifs is 1. The summed E-state index contributed by atoms with van der Waals surface area (Å²) in [6.45, 7) is 4.56. The topological polar surface area (TPSA) is 18.5 Å². The molecular weight excluding hydrogens is 212 g/mol. The normalized spacial score (nSPS) is 12.8. The first-order chi connectivity index (χ1) is 8.24. The average molecular weight is 226 g/mol. The number of ether oxygens (including phenoxy) is 2. The van der Waals surface area contributed by atoms with Crippen molar-refractivity contribution in [1.29, 1.82) is 0 Å². The number of hydrogen-bond acceptors (Lipinski definition) is 2. The Bertz CT molecular complexity index is 573. The van der Waals surface area contributed by atoms with E-state index in [0.29, 0.717) is 6.79 Å². The standard InChI is InChI=1S/C15H14O2/c1-10-3-5-13(11(2)7-10)12-4-6-14-15(8-12)17-9-16-14/h3-8H,9H2,1-2H3. The van der Waals surface area contributed by atoms with Gasteiger partial charge in [-0.2, -0.15) is 0 Å². The van der Waals surface area contributed by atoms with Gasteiger partial charge in [0.15, 0.2) is 11.5 Å². The summed E-state index contributed by atoms with van der Waals surface area (Å²) >= 11 is 0. The summed E-state index contributed by atoms with van der Waals surface area (Å²) in [7, 11) is 0. The van der Waals surface area contributed by atoms with Crippen LogP contribution in [0.3, 0.4) is 0 Å². The van der Waals surface area contributed by atoms with Crippen LogP contribution in [0.1, 0.15) is 11.1 Å². The van der Waals surface area contributed by atoms with Crippen LogP contribution in [-0.2, 0) is 0 Å². The SMILES string of the molecule is Cc1ccc(-c2ccc3c(c2)OCO3)c(C)c1. The summed E-state index contributed by atoms with van der Waals surface area (Å²) in [5.74, 6) is 1.67. The Kier molecular flexibility index (Phi) is 2.29. The van der Waals surface area contributed by atoms with Crippen molar-refractivity contribution in [3.8, 4) is 22.6 Å². The molecular formula is C15H14O2. The maximum Gasteiger partial charge on any atom is 0.231 e. The van der Waals surface area contributed by atoms with Gasteiger partial charge in [-0.05, 0) is 42.7 Å². The van der Waals surface area contributed by atoms with Crippen molar-refractivity contribution in [1.82, 2.24) is 0 Å². The number of rotatable bonds is 1. The van der Waals surface area contributed by atoms with Crippen LogP contribution < -0.4 is 9.47 Å². The first-order valence-electron chi connectivity index (χ1n) is 5.71. The molecule has 2 nitrogen and oxygen atoms in total. The van der Waals surface area contributed by atoms with E-state index in [9.17, 15) is 0 Å². The molecule has 3 rings (SSSR count). The lowest BCUT2D eigenvalue weighted by molar-refractivity contribution is 0.174. The molecule has 0 radical (unpaired) electrons. The maximum atomic E-state index is 5.40. The summed E-state index contributed by atoms with van der Waals surface area (Å²) in [6, 6.07) is 12.6. The van der Waals surface area contributed by atoms with Gasteiger partial charge in [0.25, 0.3) is 0 Å². The molecule has 1 heterocycles. The van der Waals surface area contributed by atoms with Gasteiger partial charge in [0.2, 0.25) is 6.79 Å². The lowest BCUT2D eigenvalue weighted by atomic mass is 9.98. The quantitative estimate of drug-likeness (QED) is 0.738. The second-order valence-electron chi connectivity index (χ2n) is 4.39. The Morgan fingerprint density at radius 3 is 2.53 bits per heavy atom. The van der Waals surface area contributed by atoms with E-state index in [-0.39, 0.29) is 0 Å². The Labute approximate surface area is 101 Å². The first-order valence-corrected chi connectivity index (χ1v) is 5.71. The van der Waals surface area contributed by atoms with E-state index in [1.54, 1.807) is 0 Å². The maximum absolute atomic E-state index is 5.40. The summed E-state index contributed by atoms with van der Waals surface area (Å²) < 4.78 is 10.7. The van der Waals surface area contributed by atoms with E-state index in [4.69, 9.17) is 9.47 Å². The number of aryl methyl sites for hydroxylation is 2. The van der Waals surface area contributed by atoms with E-state index in [1.807, 2.05) is 12.1 Å². The minimum atomic E-state index is 0.325. The molecule has 17 heavy (non-hydrogen) atoms. The van der Waals surface area contributed by atoms with Gasteiger partial charge in [-0.3, -0.25) is 0 Å². The Morgan fingerprint density at radius 2 is 1.71 bits per heavy atom. The summed E-state index contributed by atoms with van der Waals surface area (Å²) in [4.78, 5) is 0. The minimum Gasteiger partial charge on any atom is -0.454 e. The fraction of sp³-hybridized carbons (Fsp3) is 0.200. The van der Waals surface area contributed by atoms with Crippen LogP contribution in [0.4, 0.5) is 0 Å². The highest BCUT2D eigenvalue weighted by Crippen LogP contribution is 2.36. The van der Waals surface area contributed by atoms with Crippen LogP contribution in [-0.4, -0.2) is 6.79 Å². The number of benzene rings is 2. The molecule has 0 bridgehead atoms. The molecule has 86 valence electrons. The van der Waals surface area contributed by atoms with Crippen LogP contribution in [0.5, 0.6) is 11.5 Å². The molecule has 0 saturated carbocycles. The predicted molar refractivity (Wildman–Crippen MR) is 67.5 cm³/mol. The summed E-state index contributed by atoms with van der Waals surface area (Å²) in [5.41, 5.74) is 4.98. The Balaban J connectivity index is 2.09. The van der Waals surface area contributed by atoms with E-state index in [2.05, 4.69) is 38.1 Å². The van der Waals surface area contributed by atoms with Gasteiger partial charge in [-0.1, -0.05) is 29.8 Å². The molecule has 2 aromatic rings. The zero-order valence-electron chi connectivity index (χ0n) is 9.99. The van der Waals surface area contributed by atoms with Crippen molar-refractivity contribution in [2.75, 3.05) is 6.79 Å². The zero-order valence-corrected chi connectivity index (χ0v) is 9.99. The van der Waals surface area contributed by atoms with E-state index >= 15 is 0 Å². The first kappa shape index (κ1) is 10.2. The molecule has 0 aromatic heterocycles. The van der Waals surface area contributed by atoms with Crippen LogP contribution in [0.2, 0.25) is 0 Å². The molecule has 2 heteroatoms. The highest BCUT2D eigenvalue weighted by Gasteiger charge is 2.14. The molecule has 2 aromatic carbocycles. The summed E-state index contributed by atoms with van der Waals surface area (Å²) in [5, 5.41) is 0. The van der Waals surface area contributed by atoms with Gasteiger partial charge in [0, 0.05) is 0 Å². The molecule has 0 atom stereocenters. The van der Waals surface area contributed by atoms with E-state index in [1.165, 1.54) is 22.3 Å². The third-order valence-corrected chi connectivity index (χ3v) is 3.07. The Hall–Kier alpha value is -1.96. The van der Waals surface area contributed by atoms with Crippen molar-refractivity contribution >= 4 is 0 Å². The molecule has 0 fully saturated rings. The lowest BCUT2D eigenvalue weighted by Gasteiger charge is -2.08. The van der Waals surface area contributed by atoms with Gasteiger partial charge in [0.1, 0.15) is 0 Å². The van der Waals surface area contributed by atoms with Crippen molar-refractivity contribution in [2.45, 2.75) is 13.8 Å². The van der Waals surface area contributed by atoms with Crippen molar-refractivity contribution in [3.05, 3.63) is 47.5 Å². The second kappa shape index (κ2) is 3.81. The van der Waals surface area contributed by atoms with Crippen LogP contribution in [0.15, 0.2) is 36.4 Å². The monoisotopic (exact) mass is 226 g/mol. The van der Waals surface area contributed by atoms with Gasteiger partial charge >= 0.3 is 0 Å². The van der Waals surface area contributed by atoms with E-state index in [0.717, 1.165) is 11.5 Å². The van der Waals surface area contributed by atoms with Crippen molar-refractivity contribution in [2.24, 2.45) is 0 Å². The molecule has 0 spiro atoms. The molecule has 1 aliphatic heterocycles. The molecule has 0 aliphatic carbocycles. The lowest BCUT2D eigenvalue weighted by Crippen LogP contribution is -1.92. The molecule has 0 amide bonds. The molecule has 0 saturated heterocycles. The van der Waals surface area contributed by atoms with Crippen LogP contribution in [0, 0.1) is 13.8 Å². The number of hydrogen-bond donors (Lipinski definition) is 0. The summed E-state index contributed by atoms with van der Waals surface area (Å²) in [6.07, 6.45) is 0.